The van der Waals surface area contributed by atoms with Gasteiger partial charge in [-0.3, -0.25) is 4.68 Å². The van der Waals surface area contributed by atoms with Crippen LogP contribution in [-0.2, 0) is 13.6 Å². The van der Waals surface area contributed by atoms with Crippen molar-refractivity contribution in [3.05, 3.63) is 28.9 Å². The van der Waals surface area contributed by atoms with E-state index in [9.17, 15) is 0 Å². The Morgan fingerprint density at radius 3 is 2.90 bits per heavy atom. The predicted molar refractivity (Wildman–Crippen MR) is 81.9 cm³/mol. The molecule has 0 saturated heterocycles. The Bertz CT molecular complexity index is 759. The largest absolute Gasteiger partial charge is 0.368 e. The summed E-state index contributed by atoms with van der Waals surface area (Å²) in [6.07, 6.45) is 3.86. The maximum atomic E-state index is 5.81. The van der Waals surface area contributed by atoms with E-state index in [1.807, 2.05) is 26.5 Å². The van der Waals surface area contributed by atoms with Gasteiger partial charge in [0.1, 0.15) is 10.6 Å². The fourth-order valence-corrected chi connectivity index (χ4v) is 3.12. The first kappa shape index (κ1) is 12.9. The summed E-state index contributed by atoms with van der Waals surface area (Å²) in [5, 5.41) is 5.23. The first-order valence-corrected chi connectivity index (χ1v) is 7.07. The maximum absolute atomic E-state index is 5.81. The lowest BCUT2D eigenvalue weighted by Crippen LogP contribution is -2.18. The Morgan fingerprint density at radius 2 is 2.20 bits per heavy atom. The van der Waals surface area contributed by atoms with E-state index in [-0.39, 0.29) is 0 Å². The van der Waals surface area contributed by atoms with Crippen molar-refractivity contribution < 1.29 is 0 Å². The molecule has 0 saturated carbocycles. The molecule has 6 nitrogen and oxygen atoms in total. The van der Waals surface area contributed by atoms with Crippen LogP contribution >= 0.6 is 11.3 Å². The van der Waals surface area contributed by atoms with Gasteiger partial charge in [-0.05, 0) is 13.0 Å². The van der Waals surface area contributed by atoms with Crippen LogP contribution in [0, 0.1) is 6.92 Å². The Labute approximate surface area is 120 Å². The summed E-state index contributed by atoms with van der Waals surface area (Å²) in [4.78, 5) is 12.9. The molecule has 2 N–H and O–H groups in total. The van der Waals surface area contributed by atoms with E-state index < -0.39 is 0 Å². The molecule has 0 bridgehead atoms. The van der Waals surface area contributed by atoms with E-state index in [0.29, 0.717) is 5.95 Å². The van der Waals surface area contributed by atoms with Gasteiger partial charge in [-0.2, -0.15) is 10.1 Å². The average molecular weight is 288 g/mol. The highest BCUT2D eigenvalue weighted by Crippen LogP contribution is 2.31. The predicted octanol–water partition coefficient (Wildman–Crippen LogP) is 1.95. The van der Waals surface area contributed by atoms with Crippen LogP contribution in [0.25, 0.3) is 10.2 Å². The number of hydrogen-bond donors (Lipinski definition) is 1. The zero-order valence-corrected chi connectivity index (χ0v) is 12.5. The minimum Gasteiger partial charge on any atom is -0.368 e. The SMILES string of the molecule is Cc1cc2c(N(C)Cc3cnn(C)c3)nc(N)nc2s1. The number of nitrogens with two attached hydrogens (primary N) is 1. The minimum absolute atomic E-state index is 0.312. The van der Waals surface area contributed by atoms with E-state index in [4.69, 9.17) is 5.73 Å². The molecule has 0 fully saturated rings. The van der Waals surface area contributed by atoms with Crippen molar-refractivity contribution in [2.24, 2.45) is 7.05 Å². The zero-order chi connectivity index (χ0) is 14.3. The molecular formula is C13H16N6S. The van der Waals surface area contributed by atoms with E-state index in [2.05, 4.69) is 33.0 Å². The third-order valence-electron chi connectivity index (χ3n) is 3.05. The van der Waals surface area contributed by atoms with Gasteiger partial charge in [0, 0.05) is 37.3 Å². The fourth-order valence-electron chi connectivity index (χ4n) is 2.24. The number of anilines is 2. The molecule has 3 aromatic rings. The molecule has 0 aliphatic rings. The summed E-state index contributed by atoms with van der Waals surface area (Å²) in [6, 6.07) is 2.11. The van der Waals surface area contributed by atoms with Crippen molar-refractivity contribution in [3.63, 3.8) is 0 Å². The minimum atomic E-state index is 0.312. The number of aromatic nitrogens is 4. The molecule has 7 heteroatoms. The van der Waals surface area contributed by atoms with Crippen molar-refractivity contribution in [1.82, 2.24) is 19.7 Å². The lowest BCUT2D eigenvalue weighted by molar-refractivity contribution is 0.766. The second-order valence-electron chi connectivity index (χ2n) is 4.86. The van der Waals surface area contributed by atoms with Gasteiger partial charge in [0.05, 0.1) is 11.6 Å². The highest BCUT2D eigenvalue weighted by atomic mass is 32.1. The normalized spacial score (nSPS) is 11.2. The summed E-state index contributed by atoms with van der Waals surface area (Å²) < 4.78 is 1.79. The molecule has 0 aromatic carbocycles. The first-order valence-electron chi connectivity index (χ1n) is 6.25. The zero-order valence-electron chi connectivity index (χ0n) is 11.7. The van der Waals surface area contributed by atoms with Gasteiger partial charge in [0.2, 0.25) is 5.95 Å². The molecule has 3 aromatic heterocycles. The van der Waals surface area contributed by atoms with Crippen LogP contribution in [-0.4, -0.2) is 26.8 Å². The molecular weight excluding hydrogens is 272 g/mol. The maximum Gasteiger partial charge on any atom is 0.223 e. The summed E-state index contributed by atoms with van der Waals surface area (Å²) in [7, 11) is 3.91. The third kappa shape index (κ3) is 2.32. The highest BCUT2D eigenvalue weighted by Gasteiger charge is 2.13. The fraction of sp³-hybridized carbons (Fsp3) is 0.308. The Morgan fingerprint density at radius 1 is 1.40 bits per heavy atom. The third-order valence-corrected chi connectivity index (χ3v) is 4.00. The van der Waals surface area contributed by atoms with E-state index in [1.165, 1.54) is 4.88 Å². The van der Waals surface area contributed by atoms with E-state index in [1.54, 1.807) is 16.0 Å². The Kier molecular flexibility index (Phi) is 3.06. The molecule has 3 rings (SSSR count). The summed E-state index contributed by atoms with van der Waals surface area (Å²) >= 11 is 1.63. The van der Waals surface area contributed by atoms with Crippen LogP contribution in [0.5, 0.6) is 0 Å². The van der Waals surface area contributed by atoms with E-state index >= 15 is 0 Å². The Balaban J connectivity index is 1.99. The molecule has 0 spiro atoms. The first-order chi connectivity index (χ1) is 9.52. The van der Waals surface area contributed by atoms with Crippen LogP contribution in [0.3, 0.4) is 0 Å². The molecule has 0 unspecified atom stereocenters. The van der Waals surface area contributed by atoms with Gasteiger partial charge < -0.3 is 10.6 Å². The van der Waals surface area contributed by atoms with Crippen molar-refractivity contribution in [3.8, 4) is 0 Å². The van der Waals surface area contributed by atoms with Crippen molar-refractivity contribution in [2.75, 3.05) is 17.7 Å². The second-order valence-corrected chi connectivity index (χ2v) is 6.09. The molecule has 0 aliphatic carbocycles. The molecule has 3 heterocycles. The van der Waals surface area contributed by atoms with Crippen LogP contribution in [0.1, 0.15) is 10.4 Å². The van der Waals surface area contributed by atoms with Gasteiger partial charge in [-0.25, -0.2) is 4.98 Å². The molecule has 0 amide bonds. The van der Waals surface area contributed by atoms with Crippen LogP contribution in [0.2, 0.25) is 0 Å². The number of aryl methyl sites for hydroxylation is 2. The van der Waals surface area contributed by atoms with Crippen molar-refractivity contribution in [2.45, 2.75) is 13.5 Å². The molecule has 0 radical (unpaired) electrons. The number of nitrogens with zero attached hydrogens (tertiary/aromatic N) is 5. The molecule has 0 aliphatic heterocycles. The van der Waals surface area contributed by atoms with Gasteiger partial charge in [-0.15, -0.1) is 11.3 Å². The monoisotopic (exact) mass is 288 g/mol. The number of rotatable bonds is 3. The molecule has 20 heavy (non-hydrogen) atoms. The van der Waals surface area contributed by atoms with Gasteiger partial charge in [0.25, 0.3) is 0 Å². The molecule has 0 atom stereocenters. The number of thiophene rings is 1. The van der Waals surface area contributed by atoms with Crippen molar-refractivity contribution >= 4 is 33.3 Å². The summed E-state index contributed by atoms with van der Waals surface area (Å²) in [5.41, 5.74) is 6.94. The quantitative estimate of drug-likeness (QED) is 0.797. The van der Waals surface area contributed by atoms with Crippen molar-refractivity contribution in [1.29, 1.82) is 0 Å². The highest BCUT2D eigenvalue weighted by molar-refractivity contribution is 7.18. The van der Waals surface area contributed by atoms with Crippen LogP contribution in [0.4, 0.5) is 11.8 Å². The standard InChI is InChI=1S/C13H16N6S/c1-8-4-10-11(16-13(14)17-12(10)20-8)18(2)6-9-5-15-19(3)7-9/h4-5,7H,6H2,1-3H3,(H2,14,16,17). The topological polar surface area (TPSA) is 72.9 Å². The second kappa shape index (κ2) is 4.75. The van der Waals surface area contributed by atoms with Crippen LogP contribution < -0.4 is 10.6 Å². The van der Waals surface area contributed by atoms with E-state index in [0.717, 1.165) is 28.1 Å². The van der Waals surface area contributed by atoms with Gasteiger partial charge >= 0.3 is 0 Å². The lowest BCUT2D eigenvalue weighted by atomic mass is 10.3. The summed E-state index contributed by atoms with van der Waals surface area (Å²) in [5.74, 6) is 1.17. The number of fused-ring (bicyclic) bond motifs is 1. The van der Waals surface area contributed by atoms with Crippen LogP contribution in [0.15, 0.2) is 18.5 Å². The Hall–Kier alpha value is -2.15. The molecule has 104 valence electrons. The average Bonchev–Trinajstić information content (AvgIpc) is 2.93. The summed E-state index contributed by atoms with van der Waals surface area (Å²) in [6.45, 7) is 2.79. The number of hydrogen-bond acceptors (Lipinski definition) is 6. The smallest absolute Gasteiger partial charge is 0.223 e. The lowest BCUT2D eigenvalue weighted by Gasteiger charge is -2.18. The number of nitrogen functional groups attached to an aromatic ring is 1. The van der Waals surface area contributed by atoms with Gasteiger partial charge in [0.15, 0.2) is 0 Å². The van der Waals surface area contributed by atoms with Gasteiger partial charge in [-0.1, -0.05) is 0 Å².